The molecule has 0 amide bonds. The zero-order valence-electron chi connectivity index (χ0n) is 14.2. The first-order valence-corrected chi connectivity index (χ1v) is 8.46. The molecule has 0 aliphatic carbocycles. The minimum atomic E-state index is -4.88. The Balaban J connectivity index is 1.96. The number of ether oxygens (including phenoxy) is 1. The Hall–Kier alpha value is -2.77. The molecule has 28 heavy (non-hydrogen) atoms. The summed E-state index contributed by atoms with van der Waals surface area (Å²) >= 11 is 6.08. The number of benzene rings is 2. The molecule has 0 radical (unpaired) electrons. The van der Waals surface area contributed by atoms with Gasteiger partial charge in [0.1, 0.15) is 5.75 Å². The van der Waals surface area contributed by atoms with Crippen molar-refractivity contribution < 1.29 is 32.9 Å². The second kappa shape index (κ2) is 7.69. The van der Waals surface area contributed by atoms with E-state index >= 15 is 0 Å². The molecule has 0 fully saturated rings. The number of aliphatic hydroxyl groups excluding tert-OH is 1. The molecular formula is C20H14ClF3O4. The lowest BCUT2D eigenvalue weighted by Gasteiger charge is -2.27. The smallest absolute Gasteiger partial charge is 0.430 e. The SMILES string of the molecule is O=C(O)C1=Cc2cc(C=Cc3ccc(CO)cc3)cc(Cl)c2OC1C(F)(F)F. The van der Waals surface area contributed by atoms with Crippen LogP contribution in [0.15, 0.2) is 42.0 Å². The van der Waals surface area contributed by atoms with Crippen LogP contribution in [0.2, 0.25) is 5.02 Å². The number of alkyl halides is 3. The van der Waals surface area contributed by atoms with Crippen molar-refractivity contribution in [1.82, 2.24) is 0 Å². The summed E-state index contributed by atoms with van der Waals surface area (Å²) < 4.78 is 44.3. The van der Waals surface area contributed by atoms with Crippen LogP contribution in [0.4, 0.5) is 13.2 Å². The van der Waals surface area contributed by atoms with Crippen LogP contribution in [-0.4, -0.2) is 28.5 Å². The van der Waals surface area contributed by atoms with Crippen molar-refractivity contribution >= 4 is 35.8 Å². The topological polar surface area (TPSA) is 66.8 Å². The Kier molecular flexibility index (Phi) is 5.49. The summed E-state index contributed by atoms with van der Waals surface area (Å²) in [5.74, 6) is -1.92. The van der Waals surface area contributed by atoms with E-state index in [9.17, 15) is 18.0 Å². The molecule has 8 heteroatoms. The van der Waals surface area contributed by atoms with E-state index in [0.717, 1.165) is 17.2 Å². The minimum absolute atomic E-state index is 0.0530. The summed E-state index contributed by atoms with van der Waals surface area (Å²) in [6, 6.07) is 10.0. The highest BCUT2D eigenvalue weighted by Gasteiger charge is 2.48. The van der Waals surface area contributed by atoms with Gasteiger partial charge in [-0.15, -0.1) is 0 Å². The van der Waals surface area contributed by atoms with Gasteiger partial charge in [-0.1, -0.05) is 48.0 Å². The zero-order valence-corrected chi connectivity index (χ0v) is 15.0. The fraction of sp³-hybridized carbons (Fsp3) is 0.150. The van der Waals surface area contributed by atoms with Crippen molar-refractivity contribution in [2.75, 3.05) is 0 Å². The summed E-state index contributed by atoms with van der Waals surface area (Å²) in [6.45, 7) is -0.0679. The maximum atomic E-state index is 13.1. The maximum absolute atomic E-state index is 13.1. The predicted octanol–water partition coefficient (Wildman–Crippen LogP) is 4.79. The number of aliphatic hydroxyl groups is 1. The molecule has 146 valence electrons. The van der Waals surface area contributed by atoms with Crippen LogP contribution < -0.4 is 4.74 Å². The second-order valence-electron chi connectivity index (χ2n) is 6.10. The monoisotopic (exact) mass is 410 g/mol. The third-order valence-electron chi connectivity index (χ3n) is 4.10. The van der Waals surface area contributed by atoms with Crippen molar-refractivity contribution in [3.63, 3.8) is 0 Å². The number of rotatable bonds is 4. The fourth-order valence-corrected chi connectivity index (χ4v) is 3.01. The highest BCUT2D eigenvalue weighted by atomic mass is 35.5. The number of carboxylic acid groups (broad SMARTS) is 1. The van der Waals surface area contributed by atoms with Crippen molar-refractivity contribution in [1.29, 1.82) is 0 Å². The Morgan fingerprint density at radius 3 is 2.36 bits per heavy atom. The number of aliphatic carboxylic acids is 1. The van der Waals surface area contributed by atoms with Crippen LogP contribution in [0, 0.1) is 0 Å². The molecule has 2 N–H and O–H groups in total. The number of carbonyl (C=O) groups is 1. The van der Waals surface area contributed by atoms with E-state index in [1.54, 1.807) is 36.4 Å². The molecule has 2 aromatic carbocycles. The second-order valence-corrected chi connectivity index (χ2v) is 6.51. The molecule has 1 atom stereocenters. The standard InChI is InChI=1S/C20H14ClF3O4/c21-16-8-13(6-3-11-1-4-12(10-25)5-2-11)7-14-9-15(19(26)27)18(20(22,23)24)28-17(14)16/h1-9,18,25H,10H2,(H,26,27). The van der Waals surface area contributed by atoms with Gasteiger partial charge in [0.05, 0.1) is 17.2 Å². The normalized spacial score (nSPS) is 16.5. The van der Waals surface area contributed by atoms with Gasteiger partial charge in [0.25, 0.3) is 0 Å². The third kappa shape index (κ3) is 4.21. The molecule has 1 aliphatic rings. The van der Waals surface area contributed by atoms with E-state index in [1.165, 1.54) is 12.1 Å². The number of fused-ring (bicyclic) bond motifs is 1. The minimum Gasteiger partial charge on any atom is -0.478 e. The van der Waals surface area contributed by atoms with Crippen LogP contribution >= 0.6 is 11.6 Å². The maximum Gasteiger partial charge on any atom is 0.430 e. The van der Waals surface area contributed by atoms with Crippen molar-refractivity contribution in [3.8, 4) is 5.75 Å². The molecule has 1 heterocycles. The molecule has 0 saturated carbocycles. The predicted molar refractivity (Wildman–Crippen MR) is 98.8 cm³/mol. The van der Waals surface area contributed by atoms with Gasteiger partial charge in [0, 0.05) is 5.56 Å². The highest BCUT2D eigenvalue weighted by Crippen LogP contribution is 2.41. The average Bonchev–Trinajstić information content (AvgIpc) is 2.65. The summed E-state index contributed by atoms with van der Waals surface area (Å²) in [5.41, 5.74) is 1.40. The van der Waals surface area contributed by atoms with E-state index in [4.69, 9.17) is 26.6 Å². The van der Waals surface area contributed by atoms with Crippen molar-refractivity contribution in [2.45, 2.75) is 18.9 Å². The van der Waals surface area contributed by atoms with Gasteiger partial charge in [0.15, 0.2) is 0 Å². The first-order chi connectivity index (χ1) is 13.2. The lowest BCUT2D eigenvalue weighted by Crippen LogP contribution is -2.40. The van der Waals surface area contributed by atoms with E-state index < -0.39 is 23.8 Å². The number of hydrogen-bond acceptors (Lipinski definition) is 3. The molecule has 4 nitrogen and oxygen atoms in total. The third-order valence-corrected chi connectivity index (χ3v) is 4.38. The Morgan fingerprint density at radius 1 is 1.14 bits per heavy atom. The van der Waals surface area contributed by atoms with Crippen molar-refractivity contribution in [3.05, 3.63) is 69.2 Å². The molecule has 0 saturated heterocycles. The molecule has 3 rings (SSSR count). The van der Waals surface area contributed by atoms with Gasteiger partial charge >= 0.3 is 12.1 Å². The number of hydrogen-bond donors (Lipinski definition) is 2. The van der Waals surface area contributed by atoms with Gasteiger partial charge in [-0.2, -0.15) is 13.2 Å². The largest absolute Gasteiger partial charge is 0.478 e. The lowest BCUT2D eigenvalue weighted by atomic mass is 9.99. The van der Waals surface area contributed by atoms with E-state index in [0.29, 0.717) is 5.56 Å². The Bertz CT molecular complexity index is 963. The average molecular weight is 411 g/mol. The van der Waals surface area contributed by atoms with Gasteiger partial charge in [-0.25, -0.2) is 4.79 Å². The van der Waals surface area contributed by atoms with Crippen LogP contribution in [0.1, 0.15) is 22.3 Å². The molecule has 0 aromatic heterocycles. The van der Waals surface area contributed by atoms with Gasteiger partial charge in [0.2, 0.25) is 6.10 Å². The molecule has 0 bridgehead atoms. The lowest BCUT2D eigenvalue weighted by molar-refractivity contribution is -0.187. The number of carboxylic acids is 1. The summed E-state index contributed by atoms with van der Waals surface area (Å²) in [6.07, 6.45) is -3.10. The van der Waals surface area contributed by atoms with Gasteiger partial charge < -0.3 is 14.9 Å². The number of halogens is 4. The van der Waals surface area contributed by atoms with Crippen LogP contribution in [-0.2, 0) is 11.4 Å². The first-order valence-electron chi connectivity index (χ1n) is 8.08. The van der Waals surface area contributed by atoms with Crippen LogP contribution in [0.5, 0.6) is 5.75 Å². The quantitative estimate of drug-likeness (QED) is 0.711. The van der Waals surface area contributed by atoms with E-state index in [1.807, 2.05) is 0 Å². The van der Waals surface area contributed by atoms with Crippen LogP contribution in [0.3, 0.4) is 0 Å². The van der Waals surface area contributed by atoms with Gasteiger partial charge in [-0.05, 0) is 34.9 Å². The van der Waals surface area contributed by atoms with Gasteiger partial charge in [-0.3, -0.25) is 0 Å². The van der Waals surface area contributed by atoms with Crippen LogP contribution in [0.25, 0.3) is 18.2 Å². The Morgan fingerprint density at radius 2 is 1.79 bits per heavy atom. The van der Waals surface area contributed by atoms with E-state index in [-0.39, 0.29) is 22.9 Å². The summed E-state index contributed by atoms with van der Waals surface area (Å²) in [5, 5.41) is 18.1. The summed E-state index contributed by atoms with van der Waals surface area (Å²) in [7, 11) is 0. The molecule has 2 aromatic rings. The summed E-state index contributed by atoms with van der Waals surface area (Å²) in [4.78, 5) is 11.2. The fourth-order valence-electron chi connectivity index (χ4n) is 2.73. The molecular weight excluding hydrogens is 397 g/mol. The first kappa shape index (κ1) is 20.0. The highest BCUT2D eigenvalue weighted by molar-refractivity contribution is 6.32. The Labute approximate surface area is 163 Å². The van der Waals surface area contributed by atoms with Crippen molar-refractivity contribution in [2.24, 2.45) is 0 Å². The zero-order chi connectivity index (χ0) is 20.5. The molecule has 1 aliphatic heterocycles. The molecule has 1 unspecified atom stereocenters. The van der Waals surface area contributed by atoms with E-state index in [2.05, 4.69) is 0 Å². The molecule has 0 spiro atoms.